The van der Waals surface area contributed by atoms with E-state index in [1.54, 1.807) is 0 Å². The van der Waals surface area contributed by atoms with Crippen molar-refractivity contribution in [2.24, 2.45) is 4.99 Å². The number of anilines is 3. The van der Waals surface area contributed by atoms with Gasteiger partial charge >= 0.3 is 0 Å². The maximum absolute atomic E-state index is 5.48. The molecule has 348 valence electrons. The number of para-hydroxylation sites is 3. The Bertz CT molecular complexity index is 3760. The molecule has 13 rings (SSSR count). The highest BCUT2D eigenvalue weighted by Crippen LogP contribution is 2.74. The van der Waals surface area contributed by atoms with E-state index >= 15 is 0 Å². The van der Waals surface area contributed by atoms with Crippen LogP contribution < -0.4 is 10.2 Å². The number of hydrogen-bond acceptors (Lipinski definition) is 4. The first-order valence-corrected chi connectivity index (χ1v) is 26.6. The Kier molecular flexibility index (Phi) is 10.7. The summed E-state index contributed by atoms with van der Waals surface area (Å²) in [7, 11) is -1.82. The number of aliphatic imine (C=N–C) groups is 1. The van der Waals surface area contributed by atoms with Crippen LogP contribution in [-0.4, -0.2) is 15.4 Å². The van der Waals surface area contributed by atoms with Crippen molar-refractivity contribution in [3.8, 4) is 5.82 Å². The zero-order valence-corrected chi connectivity index (χ0v) is 41.2. The molecule has 6 heteroatoms. The molecule has 0 saturated heterocycles. The summed E-state index contributed by atoms with van der Waals surface area (Å²) < 4.78 is 2.34. The molecular formula is C66H53N5S. The summed E-state index contributed by atoms with van der Waals surface area (Å²) in [5.74, 6) is 1.64. The number of allylic oxidation sites excluding steroid dienone is 4. The van der Waals surface area contributed by atoms with Crippen molar-refractivity contribution in [3.63, 3.8) is 0 Å². The maximum atomic E-state index is 5.48. The zero-order valence-electron chi connectivity index (χ0n) is 40.4. The number of nitrogens with one attached hydrogen (secondary N) is 1. The predicted molar refractivity (Wildman–Crippen MR) is 300 cm³/mol. The molecule has 10 aromatic rings. The van der Waals surface area contributed by atoms with E-state index in [2.05, 4.69) is 271 Å². The van der Waals surface area contributed by atoms with Crippen molar-refractivity contribution >= 4 is 60.4 Å². The first-order chi connectivity index (χ1) is 35.5. The molecule has 0 amide bonds. The van der Waals surface area contributed by atoms with Crippen LogP contribution in [0.5, 0.6) is 0 Å². The summed E-state index contributed by atoms with van der Waals surface area (Å²) in [4.78, 5) is 18.6. The number of fused-ring (bicyclic) bond motifs is 5. The minimum Gasteiger partial charge on any atom is -0.359 e. The standard InChI is InChI=1S/C66H53N5S/c1-66(2)56-36-19-21-38-61(56)70(49-26-10-4-11-27-49)63-42-55-54-35-18-20-37-60(54)71(62(55)43-57(63)66)64-40-39-48(45-67-64)65-68-58(46-23-8-3-9-24-46)44-59(69-65)47-25-22-34-53(41-47)72(50-28-12-5-13-29-50,51-30-14-6-15-31-51)52-32-16-7-17-33-52/h3-16,18-32,34-45,58H,17,33H2,1-2H3,(H,68,69). The lowest BCUT2D eigenvalue weighted by Gasteiger charge is -2.44. The topological polar surface area (TPSA) is 45.5 Å². The van der Waals surface area contributed by atoms with Crippen LogP contribution in [0, 0.1) is 0 Å². The van der Waals surface area contributed by atoms with Crippen molar-refractivity contribution in [1.29, 1.82) is 0 Å². The van der Waals surface area contributed by atoms with E-state index in [4.69, 9.17) is 9.98 Å². The Morgan fingerprint density at radius 2 is 1.25 bits per heavy atom. The van der Waals surface area contributed by atoms with Gasteiger partial charge in [0.25, 0.3) is 0 Å². The maximum Gasteiger partial charge on any atom is 0.137 e. The van der Waals surface area contributed by atoms with Crippen LogP contribution in [0.1, 0.15) is 60.5 Å². The Hall–Kier alpha value is -8.45. The second kappa shape index (κ2) is 17.7. The SMILES string of the molecule is CC1(C)c2ccccc2N(c2ccccc2)c2cc3c4ccccc4n(-c4ccc(C5=NC(c6cccc(S(C7=CC=CCC7)(c7ccccc7)c7ccccc7)c6)=CC(c6ccccc6)N5)cn4)c3cc21. The molecule has 1 unspecified atom stereocenters. The lowest BCUT2D eigenvalue weighted by molar-refractivity contribution is 0.632. The van der Waals surface area contributed by atoms with Crippen LogP contribution in [-0.2, 0) is 5.41 Å². The van der Waals surface area contributed by atoms with Gasteiger partial charge < -0.3 is 10.2 Å². The van der Waals surface area contributed by atoms with Crippen molar-refractivity contribution in [3.05, 3.63) is 282 Å². The lowest BCUT2D eigenvalue weighted by Crippen LogP contribution is -2.31. The minimum absolute atomic E-state index is 0.115. The molecule has 3 aliphatic rings. The smallest absolute Gasteiger partial charge is 0.137 e. The summed E-state index contributed by atoms with van der Waals surface area (Å²) in [5.41, 5.74) is 12.2. The lowest BCUT2D eigenvalue weighted by atomic mass is 9.73. The molecule has 0 spiro atoms. The molecule has 72 heavy (non-hydrogen) atoms. The summed E-state index contributed by atoms with van der Waals surface area (Å²) in [6.07, 6.45) is 13.2. The van der Waals surface area contributed by atoms with Crippen molar-refractivity contribution in [2.75, 3.05) is 4.90 Å². The van der Waals surface area contributed by atoms with E-state index in [0.29, 0.717) is 0 Å². The van der Waals surface area contributed by atoms with Crippen molar-refractivity contribution in [1.82, 2.24) is 14.9 Å². The van der Waals surface area contributed by atoms with E-state index in [1.165, 1.54) is 58.4 Å². The first-order valence-electron chi connectivity index (χ1n) is 25.0. The Balaban J connectivity index is 0.934. The predicted octanol–water partition coefficient (Wildman–Crippen LogP) is 16.9. The molecule has 5 nitrogen and oxygen atoms in total. The molecule has 0 fully saturated rings. The number of amidine groups is 1. The highest BCUT2D eigenvalue weighted by molar-refractivity contribution is 8.37. The number of hydrogen-bond donors (Lipinski definition) is 1. The quantitative estimate of drug-likeness (QED) is 0.157. The fourth-order valence-corrected chi connectivity index (χ4v) is 15.5. The average Bonchev–Trinajstić information content (AvgIpc) is 3.78. The molecule has 4 heterocycles. The normalized spacial score (nSPS) is 16.3. The Morgan fingerprint density at radius 1 is 0.569 bits per heavy atom. The van der Waals surface area contributed by atoms with Gasteiger partial charge in [0.1, 0.15) is 11.7 Å². The average molecular weight is 948 g/mol. The molecule has 1 atom stereocenters. The molecule has 2 aromatic heterocycles. The van der Waals surface area contributed by atoms with Gasteiger partial charge in [-0.2, -0.15) is 0 Å². The van der Waals surface area contributed by atoms with E-state index in [1.807, 2.05) is 6.20 Å². The van der Waals surface area contributed by atoms with E-state index in [-0.39, 0.29) is 11.5 Å². The fourth-order valence-electron chi connectivity index (χ4n) is 11.4. The van der Waals surface area contributed by atoms with Crippen LogP contribution in [0.2, 0.25) is 0 Å². The van der Waals surface area contributed by atoms with Gasteiger partial charge in [0, 0.05) is 53.9 Å². The number of pyridine rings is 1. The van der Waals surface area contributed by atoms with Gasteiger partial charge in [-0.25, -0.2) is 9.98 Å². The van der Waals surface area contributed by atoms with Gasteiger partial charge in [0.05, 0.1) is 34.1 Å². The van der Waals surface area contributed by atoms with E-state index < -0.39 is 10.0 Å². The van der Waals surface area contributed by atoms with Gasteiger partial charge in [-0.15, -0.1) is 10.0 Å². The van der Waals surface area contributed by atoms with Crippen LogP contribution in [0.15, 0.2) is 273 Å². The van der Waals surface area contributed by atoms with Crippen molar-refractivity contribution in [2.45, 2.75) is 52.8 Å². The summed E-state index contributed by atoms with van der Waals surface area (Å²) in [6, 6.07) is 79.5. The third-order valence-electron chi connectivity index (χ3n) is 14.8. The zero-order chi connectivity index (χ0) is 48.2. The molecule has 0 bridgehead atoms. The second-order valence-electron chi connectivity index (χ2n) is 19.4. The largest absolute Gasteiger partial charge is 0.359 e. The monoisotopic (exact) mass is 947 g/mol. The number of aromatic nitrogens is 2. The van der Waals surface area contributed by atoms with Gasteiger partial charge in [-0.3, -0.25) is 4.57 Å². The molecule has 8 aromatic carbocycles. The van der Waals surface area contributed by atoms with Crippen LogP contribution in [0.4, 0.5) is 17.1 Å². The minimum atomic E-state index is -1.82. The molecule has 0 saturated carbocycles. The van der Waals surface area contributed by atoms with E-state index in [9.17, 15) is 0 Å². The van der Waals surface area contributed by atoms with Gasteiger partial charge in [-0.05, 0) is 125 Å². The fraction of sp³-hybridized carbons (Fsp3) is 0.0909. The molecular weight excluding hydrogens is 895 g/mol. The highest BCUT2D eigenvalue weighted by Gasteiger charge is 2.39. The Labute approximate surface area is 423 Å². The number of rotatable bonds is 9. The highest BCUT2D eigenvalue weighted by atomic mass is 32.3. The van der Waals surface area contributed by atoms with Crippen LogP contribution in [0.25, 0.3) is 33.3 Å². The molecule has 0 radical (unpaired) electrons. The van der Waals surface area contributed by atoms with Gasteiger partial charge in [0.2, 0.25) is 0 Å². The third kappa shape index (κ3) is 7.16. The Morgan fingerprint density at radius 3 is 1.97 bits per heavy atom. The second-order valence-corrected chi connectivity index (χ2v) is 22.5. The summed E-state index contributed by atoms with van der Waals surface area (Å²) in [6.45, 7) is 4.71. The van der Waals surface area contributed by atoms with Crippen LogP contribution in [0.3, 0.4) is 0 Å². The molecule has 1 aliphatic carbocycles. The van der Waals surface area contributed by atoms with E-state index in [0.717, 1.165) is 58.0 Å². The van der Waals surface area contributed by atoms with Crippen LogP contribution >= 0.6 is 10.0 Å². The summed E-state index contributed by atoms with van der Waals surface area (Å²) >= 11 is 0. The van der Waals surface area contributed by atoms with Gasteiger partial charge in [0.15, 0.2) is 0 Å². The van der Waals surface area contributed by atoms with Gasteiger partial charge in [-0.1, -0.05) is 166 Å². The van der Waals surface area contributed by atoms with Crippen molar-refractivity contribution < 1.29 is 0 Å². The first kappa shape index (κ1) is 43.6. The molecule has 2 aliphatic heterocycles. The third-order valence-corrected chi connectivity index (χ3v) is 18.9. The molecule has 1 N–H and O–H groups in total. The summed E-state index contributed by atoms with van der Waals surface area (Å²) in [5, 5.41) is 6.20. The number of nitrogens with zero attached hydrogens (tertiary/aromatic N) is 4. The number of benzene rings is 8.